The highest BCUT2D eigenvalue weighted by Gasteiger charge is 1.80. The summed E-state index contributed by atoms with van der Waals surface area (Å²) in [7, 11) is 0. The molecule has 50 valence electrons. The van der Waals surface area contributed by atoms with E-state index in [1.165, 1.54) is 5.56 Å². The van der Waals surface area contributed by atoms with Crippen molar-refractivity contribution in [1.29, 1.82) is 0 Å². The van der Waals surface area contributed by atoms with E-state index in [0.29, 0.717) is 0 Å². The Bertz CT molecular complexity index is 150. The minimum Gasteiger partial charge on any atom is -0.344 e. The fourth-order valence-electron chi connectivity index (χ4n) is 0.583. The molecule has 9 heavy (non-hydrogen) atoms. The van der Waals surface area contributed by atoms with Crippen molar-refractivity contribution < 1.29 is 0 Å². The van der Waals surface area contributed by atoms with Crippen LogP contribution in [-0.2, 0) is 5.75 Å². The Morgan fingerprint density at radius 2 is 1.67 bits per heavy atom. The van der Waals surface area contributed by atoms with E-state index in [9.17, 15) is 0 Å². The van der Waals surface area contributed by atoms with Gasteiger partial charge >= 0.3 is 0 Å². The van der Waals surface area contributed by atoms with Gasteiger partial charge in [0.25, 0.3) is 0 Å². The second-order valence-electron chi connectivity index (χ2n) is 1.64. The SMILES string of the molecule is N.SCc1ccccc1. The zero-order valence-corrected chi connectivity index (χ0v) is 6.14. The van der Waals surface area contributed by atoms with Crippen molar-refractivity contribution in [2.45, 2.75) is 5.75 Å². The monoisotopic (exact) mass is 141 g/mol. The van der Waals surface area contributed by atoms with Crippen molar-refractivity contribution in [2.75, 3.05) is 0 Å². The Balaban J connectivity index is 0.000000640. The molecular weight excluding hydrogens is 130 g/mol. The van der Waals surface area contributed by atoms with Gasteiger partial charge in [-0.1, -0.05) is 30.3 Å². The first-order chi connectivity index (χ1) is 3.93. The zero-order valence-electron chi connectivity index (χ0n) is 5.25. The topological polar surface area (TPSA) is 35.0 Å². The summed E-state index contributed by atoms with van der Waals surface area (Å²) in [5, 5.41) is 0. The van der Waals surface area contributed by atoms with Gasteiger partial charge in [-0.2, -0.15) is 12.6 Å². The van der Waals surface area contributed by atoms with Crippen molar-refractivity contribution in [2.24, 2.45) is 0 Å². The fourth-order valence-corrected chi connectivity index (χ4v) is 0.794. The molecule has 1 nitrogen and oxygen atoms in total. The quantitative estimate of drug-likeness (QED) is 0.578. The minimum absolute atomic E-state index is 0. The van der Waals surface area contributed by atoms with Gasteiger partial charge in [-0.25, -0.2) is 0 Å². The molecule has 1 aromatic rings. The van der Waals surface area contributed by atoms with Crippen LogP contribution < -0.4 is 6.15 Å². The summed E-state index contributed by atoms with van der Waals surface area (Å²) in [5.41, 5.74) is 1.27. The van der Waals surface area contributed by atoms with Crippen LogP contribution in [0.5, 0.6) is 0 Å². The highest BCUT2D eigenvalue weighted by Crippen LogP contribution is 2.00. The molecular formula is C7H11NS. The molecule has 0 fully saturated rings. The van der Waals surface area contributed by atoms with Crippen LogP contribution >= 0.6 is 12.6 Å². The molecule has 1 rings (SSSR count). The molecule has 0 aromatic heterocycles. The molecule has 0 saturated carbocycles. The second-order valence-corrected chi connectivity index (χ2v) is 1.96. The van der Waals surface area contributed by atoms with E-state index >= 15 is 0 Å². The summed E-state index contributed by atoms with van der Waals surface area (Å²) in [6, 6.07) is 10.2. The van der Waals surface area contributed by atoms with Gasteiger partial charge in [-0.3, -0.25) is 0 Å². The van der Waals surface area contributed by atoms with Gasteiger partial charge in [0.2, 0.25) is 0 Å². The summed E-state index contributed by atoms with van der Waals surface area (Å²) < 4.78 is 0. The predicted molar refractivity (Wildman–Crippen MR) is 44.2 cm³/mol. The van der Waals surface area contributed by atoms with Crippen molar-refractivity contribution in [3.63, 3.8) is 0 Å². The van der Waals surface area contributed by atoms with E-state index < -0.39 is 0 Å². The average Bonchev–Trinajstić information content (AvgIpc) is 1.90. The molecule has 3 N–H and O–H groups in total. The molecule has 0 aliphatic carbocycles. The maximum absolute atomic E-state index is 4.11. The molecule has 0 heterocycles. The second kappa shape index (κ2) is 4.41. The molecule has 0 aliphatic rings. The standard InChI is InChI=1S/C7H8S.H3N/c8-6-7-4-2-1-3-5-7;/h1-5,8H,6H2;1H3. The first-order valence-corrected chi connectivity index (χ1v) is 3.21. The lowest BCUT2D eigenvalue weighted by atomic mass is 10.2. The summed E-state index contributed by atoms with van der Waals surface area (Å²) in [4.78, 5) is 0. The largest absolute Gasteiger partial charge is 0.344 e. The molecule has 0 amide bonds. The van der Waals surface area contributed by atoms with Crippen molar-refractivity contribution in [1.82, 2.24) is 6.15 Å². The Morgan fingerprint density at radius 3 is 2.00 bits per heavy atom. The lowest BCUT2D eigenvalue weighted by molar-refractivity contribution is 1.43. The summed E-state index contributed by atoms with van der Waals surface area (Å²) >= 11 is 4.11. The number of hydrogen-bond acceptors (Lipinski definition) is 2. The third-order valence-electron chi connectivity index (χ3n) is 1.03. The fraction of sp³-hybridized carbons (Fsp3) is 0.143. The van der Waals surface area contributed by atoms with Gasteiger partial charge in [0.1, 0.15) is 0 Å². The number of rotatable bonds is 1. The van der Waals surface area contributed by atoms with Gasteiger partial charge in [0.05, 0.1) is 0 Å². The van der Waals surface area contributed by atoms with Crippen molar-refractivity contribution in [3.8, 4) is 0 Å². The summed E-state index contributed by atoms with van der Waals surface area (Å²) in [5.74, 6) is 0.834. The van der Waals surface area contributed by atoms with Crippen LogP contribution in [0.25, 0.3) is 0 Å². The molecule has 0 unspecified atom stereocenters. The number of benzene rings is 1. The van der Waals surface area contributed by atoms with E-state index in [1.807, 2.05) is 18.2 Å². The lowest BCUT2D eigenvalue weighted by Crippen LogP contribution is -1.71. The normalized spacial score (nSPS) is 8.11. The Kier molecular flexibility index (Phi) is 4.18. The van der Waals surface area contributed by atoms with E-state index in [4.69, 9.17) is 0 Å². The highest BCUT2D eigenvalue weighted by molar-refractivity contribution is 7.79. The van der Waals surface area contributed by atoms with Gasteiger partial charge in [0, 0.05) is 5.75 Å². The van der Waals surface area contributed by atoms with E-state index in [2.05, 4.69) is 24.8 Å². The van der Waals surface area contributed by atoms with Crippen LogP contribution in [0.2, 0.25) is 0 Å². The molecule has 0 atom stereocenters. The molecule has 0 spiro atoms. The first-order valence-electron chi connectivity index (χ1n) is 2.58. The maximum atomic E-state index is 4.11. The van der Waals surface area contributed by atoms with Crippen LogP contribution in [0.1, 0.15) is 5.56 Å². The highest BCUT2D eigenvalue weighted by atomic mass is 32.1. The molecule has 0 radical (unpaired) electrons. The van der Waals surface area contributed by atoms with E-state index in [-0.39, 0.29) is 6.15 Å². The van der Waals surface area contributed by atoms with Gasteiger partial charge in [0.15, 0.2) is 0 Å². The molecule has 0 aliphatic heterocycles. The van der Waals surface area contributed by atoms with E-state index in [1.54, 1.807) is 0 Å². The van der Waals surface area contributed by atoms with Crippen LogP contribution in [0.4, 0.5) is 0 Å². The minimum atomic E-state index is 0. The van der Waals surface area contributed by atoms with E-state index in [0.717, 1.165) is 5.75 Å². The number of thiol groups is 1. The number of hydrogen-bond donors (Lipinski definition) is 2. The van der Waals surface area contributed by atoms with Gasteiger partial charge in [-0.15, -0.1) is 0 Å². The third kappa shape index (κ3) is 2.54. The summed E-state index contributed by atoms with van der Waals surface area (Å²) in [6.45, 7) is 0. The van der Waals surface area contributed by atoms with Gasteiger partial charge < -0.3 is 6.15 Å². The Hall–Kier alpha value is -0.470. The van der Waals surface area contributed by atoms with Crippen LogP contribution in [0.3, 0.4) is 0 Å². The summed E-state index contributed by atoms with van der Waals surface area (Å²) in [6.07, 6.45) is 0. The van der Waals surface area contributed by atoms with Crippen molar-refractivity contribution >= 4 is 12.6 Å². The van der Waals surface area contributed by atoms with Crippen LogP contribution in [0.15, 0.2) is 30.3 Å². The Labute approximate surface area is 61.1 Å². The Morgan fingerprint density at radius 1 is 1.11 bits per heavy atom. The molecule has 0 saturated heterocycles. The zero-order chi connectivity index (χ0) is 5.82. The van der Waals surface area contributed by atoms with Gasteiger partial charge in [-0.05, 0) is 5.56 Å². The third-order valence-corrected chi connectivity index (χ3v) is 1.39. The predicted octanol–water partition coefficient (Wildman–Crippen LogP) is 2.28. The average molecular weight is 141 g/mol. The molecule has 2 heteroatoms. The van der Waals surface area contributed by atoms with Crippen LogP contribution in [-0.4, -0.2) is 0 Å². The smallest absolute Gasteiger partial charge is 0.0154 e. The maximum Gasteiger partial charge on any atom is 0.0154 e. The first kappa shape index (κ1) is 8.53. The molecule has 1 aromatic carbocycles. The molecule has 0 bridgehead atoms. The lowest BCUT2D eigenvalue weighted by Gasteiger charge is -1.89. The van der Waals surface area contributed by atoms with Crippen molar-refractivity contribution in [3.05, 3.63) is 35.9 Å². The van der Waals surface area contributed by atoms with Crippen LogP contribution in [0, 0.1) is 0 Å².